The third-order valence-electron chi connectivity index (χ3n) is 6.22. The number of nitrogens with one attached hydrogen (secondary N) is 1. The number of benzene rings is 2. The first-order chi connectivity index (χ1) is 16.6. The van der Waals surface area contributed by atoms with E-state index in [4.69, 9.17) is 9.47 Å². The third kappa shape index (κ3) is 4.67. The van der Waals surface area contributed by atoms with Gasteiger partial charge in [0.1, 0.15) is 17.6 Å². The fraction of sp³-hybridized carbons (Fsp3) is 0.308. The number of ether oxygens (including phenoxy) is 2. The smallest absolute Gasteiger partial charge is 0.167 e. The highest BCUT2D eigenvalue weighted by Crippen LogP contribution is 2.35. The number of pyridine rings is 1. The second-order valence-corrected chi connectivity index (χ2v) is 8.58. The van der Waals surface area contributed by atoms with E-state index in [1.807, 2.05) is 6.07 Å². The van der Waals surface area contributed by atoms with E-state index in [0.29, 0.717) is 40.1 Å². The van der Waals surface area contributed by atoms with Crippen molar-refractivity contribution >= 4 is 21.8 Å². The number of nitriles is 1. The highest BCUT2D eigenvalue weighted by atomic mass is 19.1. The summed E-state index contributed by atoms with van der Waals surface area (Å²) >= 11 is 0. The van der Waals surface area contributed by atoms with Crippen LogP contribution in [-0.4, -0.2) is 66.1 Å². The topological polar surface area (TPSA) is 77.4 Å². The lowest BCUT2D eigenvalue weighted by atomic mass is 10.1. The van der Waals surface area contributed by atoms with Crippen molar-refractivity contribution in [3.8, 4) is 23.3 Å². The molecule has 2 aromatic carbocycles. The molecule has 34 heavy (non-hydrogen) atoms. The molecule has 0 aliphatic carbocycles. The van der Waals surface area contributed by atoms with Gasteiger partial charge in [0.2, 0.25) is 0 Å². The lowest BCUT2D eigenvalue weighted by Crippen LogP contribution is -2.44. The summed E-state index contributed by atoms with van der Waals surface area (Å²) in [5.74, 6) is 0.568. The molecule has 1 fully saturated rings. The SMILES string of the molecule is CN1CCN(CCCOc2cc3nccc(Oc4cc5cc[nH]c5cc4F)c3cc2C#N)CC1. The number of aromatic amines is 1. The first-order valence-corrected chi connectivity index (χ1v) is 11.4. The molecule has 0 bridgehead atoms. The van der Waals surface area contributed by atoms with E-state index in [2.05, 4.69) is 32.9 Å². The van der Waals surface area contributed by atoms with Gasteiger partial charge in [0, 0.05) is 73.5 Å². The van der Waals surface area contributed by atoms with Crippen molar-refractivity contribution in [2.75, 3.05) is 46.4 Å². The normalized spacial score (nSPS) is 15.0. The van der Waals surface area contributed by atoms with Crippen LogP contribution in [0.2, 0.25) is 0 Å². The van der Waals surface area contributed by atoms with Gasteiger partial charge >= 0.3 is 0 Å². The van der Waals surface area contributed by atoms with E-state index in [0.717, 1.165) is 44.5 Å². The zero-order valence-corrected chi connectivity index (χ0v) is 19.1. The van der Waals surface area contributed by atoms with Crippen molar-refractivity contribution in [3.05, 3.63) is 60.2 Å². The number of hydrogen-bond donors (Lipinski definition) is 1. The summed E-state index contributed by atoms with van der Waals surface area (Å²) in [6.07, 6.45) is 4.24. The molecule has 0 atom stereocenters. The van der Waals surface area contributed by atoms with Crippen LogP contribution in [0.4, 0.5) is 4.39 Å². The minimum absolute atomic E-state index is 0.113. The molecule has 1 N–H and O–H groups in total. The zero-order valence-electron chi connectivity index (χ0n) is 19.1. The molecule has 8 heteroatoms. The Kier molecular flexibility index (Phi) is 6.30. The van der Waals surface area contributed by atoms with Crippen LogP contribution in [0.25, 0.3) is 21.8 Å². The molecule has 174 valence electrons. The lowest BCUT2D eigenvalue weighted by molar-refractivity contribution is 0.145. The molecule has 5 rings (SSSR count). The summed E-state index contributed by atoms with van der Waals surface area (Å²) < 4.78 is 26.5. The second-order valence-electron chi connectivity index (χ2n) is 8.58. The molecular formula is C26H26FN5O2. The highest BCUT2D eigenvalue weighted by Gasteiger charge is 2.15. The number of aromatic nitrogens is 2. The molecule has 0 radical (unpaired) electrons. The summed E-state index contributed by atoms with van der Waals surface area (Å²) in [7, 11) is 2.14. The summed E-state index contributed by atoms with van der Waals surface area (Å²) in [4.78, 5) is 12.2. The molecule has 0 unspecified atom stereocenters. The molecule has 0 amide bonds. The Morgan fingerprint density at radius 1 is 1.09 bits per heavy atom. The van der Waals surface area contributed by atoms with Crippen LogP contribution in [0.3, 0.4) is 0 Å². The zero-order chi connectivity index (χ0) is 23.5. The molecule has 1 aliphatic heterocycles. The standard InChI is InChI=1S/C26H26FN5O2/c1-31-8-10-32(11-9-31)7-2-12-33-25-16-23-20(13-19(25)17-28)24(4-6-30-23)34-26-14-18-3-5-29-22(18)15-21(26)27/h3-6,13-16,29H,2,7-12H2,1H3. The van der Waals surface area contributed by atoms with Gasteiger partial charge in [-0.05, 0) is 37.7 Å². The molecule has 3 heterocycles. The number of likely N-dealkylation sites (N-methyl/N-ethyl adjacent to an activating group) is 1. The molecule has 1 aliphatic rings. The maximum Gasteiger partial charge on any atom is 0.167 e. The number of H-pyrrole nitrogens is 1. The van der Waals surface area contributed by atoms with Gasteiger partial charge in [0.15, 0.2) is 11.6 Å². The number of fused-ring (bicyclic) bond motifs is 2. The van der Waals surface area contributed by atoms with E-state index in [1.165, 1.54) is 6.07 Å². The van der Waals surface area contributed by atoms with Crippen molar-refractivity contribution in [2.24, 2.45) is 0 Å². The molecular weight excluding hydrogens is 433 g/mol. The van der Waals surface area contributed by atoms with Crippen LogP contribution in [0.1, 0.15) is 12.0 Å². The summed E-state index contributed by atoms with van der Waals surface area (Å²) in [5.41, 5.74) is 1.71. The molecule has 4 aromatic rings. The van der Waals surface area contributed by atoms with Crippen molar-refractivity contribution in [3.63, 3.8) is 0 Å². The van der Waals surface area contributed by atoms with Gasteiger partial charge in [-0.15, -0.1) is 0 Å². The third-order valence-corrected chi connectivity index (χ3v) is 6.22. The Bertz CT molecular complexity index is 1350. The summed E-state index contributed by atoms with van der Waals surface area (Å²) in [5, 5.41) is 11.2. The Morgan fingerprint density at radius 2 is 1.94 bits per heavy atom. The van der Waals surface area contributed by atoms with Crippen LogP contribution in [0.5, 0.6) is 17.2 Å². The first-order valence-electron chi connectivity index (χ1n) is 11.4. The quantitative estimate of drug-likeness (QED) is 0.409. The van der Waals surface area contributed by atoms with E-state index in [-0.39, 0.29) is 5.75 Å². The second kappa shape index (κ2) is 9.67. The van der Waals surface area contributed by atoms with Crippen molar-refractivity contribution in [1.82, 2.24) is 19.8 Å². The molecule has 1 saturated heterocycles. The number of piperazine rings is 1. The number of hydrogen-bond acceptors (Lipinski definition) is 6. The predicted octanol–water partition coefficient (Wildman–Crippen LogP) is 4.54. The van der Waals surface area contributed by atoms with Crippen LogP contribution in [0.15, 0.2) is 48.8 Å². The Morgan fingerprint density at radius 3 is 2.76 bits per heavy atom. The van der Waals surface area contributed by atoms with Crippen LogP contribution >= 0.6 is 0 Å². The molecule has 0 saturated carbocycles. The van der Waals surface area contributed by atoms with E-state index in [9.17, 15) is 9.65 Å². The van der Waals surface area contributed by atoms with E-state index in [1.54, 1.807) is 36.7 Å². The van der Waals surface area contributed by atoms with Crippen LogP contribution in [-0.2, 0) is 0 Å². The van der Waals surface area contributed by atoms with Gasteiger partial charge in [0.25, 0.3) is 0 Å². The fourth-order valence-electron chi connectivity index (χ4n) is 4.24. The van der Waals surface area contributed by atoms with E-state index < -0.39 is 5.82 Å². The summed E-state index contributed by atoms with van der Waals surface area (Å²) in [6.45, 7) is 5.80. The number of halogens is 1. The monoisotopic (exact) mass is 459 g/mol. The van der Waals surface area contributed by atoms with Crippen molar-refractivity contribution in [1.29, 1.82) is 5.26 Å². The molecule has 7 nitrogen and oxygen atoms in total. The fourth-order valence-corrected chi connectivity index (χ4v) is 4.24. The molecule has 2 aromatic heterocycles. The van der Waals surface area contributed by atoms with Crippen LogP contribution in [0, 0.1) is 17.1 Å². The largest absolute Gasteiger partial charge is 0.492 e. The Balaban J connectivity index is 1.32. The number of nitrogens with zero attached hydrogens (tertiary/aromatic N) is 4. The van der Waals surface area contributed by atoms with Crippen molar-refractivity contribution in [2.45, 2.75) is 6.42 Å². The van der Waals surface area contributed by atoms with Gasteiger partial charge < -0.3 is 24.3 Å². The maximum absolute atomic E-state index is 14.6. The highest BCUT2D eigenvalue weighted by molar-refractivity contribution is 5.88. The van der Waals surface area contributed by atoms with Gasteiger partial charge in [-0.25, -0.2) is 4.39 Å². The van der Waals surface area contributed by atoms with Crippen LogP contribution < -0.4 is 9.47 Å². The first kappa shape index (κ1) is 22.1. The lowest BCUT2D eigenvalue weighted by Gasteiger charge is -2.32. The minimum atomic E-state index is -0.472. The average Bonchev–Trinajstić information content (AvgIpc) is 3.30. The van der Waals surface area contributed by atoms with E-state index >= 15 is 0 Å². The number of rotatable bonds is 7. The minimum Gasteiger partial charge on any atom is -0.492 e. The predicted molar refractivity (Wildman–Crippen MR) is 129 cm³/mol. The van der Waals surface area contributed by atoms with Gasteiger partial charge in [-0.1, -0.05) is 0 Å². The maximum atomic E-state index is 14.6. The Labute approximate surface area is 197 Å². The van der Waals surface area contributed by atoms with Gasteiger partial charge in [0.05, 0.1) is 17.7 Å². The van der Waals surface area contributed by atoms with Gasteiger partial charge in [-0.3, -0.25) is 4.98 Å². The molecule has 0 spiro atoms. The Hall–Kier alpha value is -3.67. The van der Waals surface area contributed by atoms with Crippen molar-refractivity contribution < 1.29 is 13.9 Å². The van der Waals surface area contributed by atoms with Gasteiger partial charge in [-0.2, -0.15) is 5.26 Å². The average molecular weight is 460 g/mol. The summed E-state index contributed by atoms with van der Waals surface area (Å²) in [6, 6.07) is 12.2.